The predicted octanol–water partition coefficient (Wildman–Crippen LogP) is 4.20. The molecular formula is C23H29BrClN3O4S. The van der Waals surface area contributed by atoms with Gasteiger partial charge < -0.3 is 10.2 Å². The van der Waals surface area contributed by atoms with Crippen LogP contribution in [-0.2, 0) is 26.2 Å². The molecule has 2 amide bonds. The number of carbonyl (C=O) groups excluding carboxylic acids is 2. The normalized spacial score (nSPS) is 13.2. The first-order valence-corrected chi connectivity index (χ1v) is 13.5. The summed E-state index contributed by atoms with van der Waals surface area (Å²) >= 11 is 9.31. The summed E-state index contributed by atoms with van der Waals surface area (Å²) < 4.78 is 26.9. The first-order chi connectivity index (χ1) is 15.4. The molecule has 2 aromatic carbocycles. The molecule has 33 heavy (non-hydrogen) atoms. The maximum Gasteiger partial charge on any atom is 0.244 e. The molecule has 0 aliphatic heterocycles. The minimum atomic E-state index is -3.77. The van der Waals surface area contributed by atoms with E-state index in [-0.39, 0.29) is 18.5 Å². The highest BCUT2D eigenvalue weighted by molar-refractivity contribution is 9.10. The fourth-order valence-corrected chi connectivity index (χ4v) is 4.30. The summed E-state index contributed by atoms with van der Waals surface area (Å²) in [5, 5.41) is 3.34. The molecule has 180 valence electrons. The Balaban J connectivity index is 2.36. The quantitative estimate of drug-likeness (QED) is 0.474. The third-order valence-electron chi connectivity index (χ3n) is 5.23. The van der Waals surface area contributed by atoms with E-state index in [9.17, 15) is 18.0 Å². The highest BCUT2D eigenvalue weighted by Gasteiger charge is 2.30. The number of nitrogens with one attached hydrogen (secondary N) is 1. The molecule has 10 heteroatoms. The summed E-state index contributed by atoms with van der Waals surface area (Å²) in [6.45, 7) is 5.19. The van der Waals surface area contributed by atoms with E-state index in [1.165, 1.54) is 17.0 Å². The number of benzene rings is 2. The molecule has 2 aromatic rings. The van der Waals surface area contributed by atoms with Gasteiger partial charge in [-0.05, 0) is 62.2 Å². The Labute approximate surface area is 209 Å². The lowest BCUT2D eigenvalue weighted by molar-refractivity contribution is -0.139. The van der Waals surface area contributed by atoms with Crippen molar-refractivity contribution in [2.75, 3.05) is 17.1 Å². The van der Waals surface area contributed by atoms with E-state index >= 15 is 0 Å². The molecule has 0 fully saturated rings. The van der Waals surface area contributed by atoms with Gasteiger partial charge in [0.25, 0.3) is 0 Å². The molecule has 0 aromatic heterocycles. The largest absolute Gasteiger partial charge is 0.352 e. The number of sulfonamides is 1. The van der Waals surface area contributed by atoms with Crippen LogP contribution in [0.3, 0.4) is 0 Å². The van der Waals surface area contributed by atoms with Crippen LogP contribution in [0.2, 0.25) is 5.02 Å². The van der Waals surface area contributed by atoms with E-state index in [2.05, 4.69) is 21.2 Å². The SMILES string of the molecule is CCC(C)NC(=O)C(C)N(Cc1ccc(Br)cc1)C(=O)CN(c1ccc(Cl)cc1)S(C)(=O)=O. The molecule has 2 unspecified atom stereocenters. The van der Waals surface area contributed by atoms with Crippen LogP contribution in [0.1, 0.15) is 32.8 Å². The first-order valence-electron chi connectivity index (χ1n) is 10.5. The van der Waals surface area contributed by atoms with Crippen LogP contribution in [-0.4, -0.2) is 50.0 Å². The third kappa shape index (κ3) is 8.01. The fraction of sp³-hybridized carbons (Fsp3) is 0.391. The zero-order valence-electron chi connectivity index (χ0n) is 19.1. The Morgan fingerprint density at radius 3 is 2.15 bits per heavy atom. The van der Waals surface area contributed by atoms with E-state index in [1.54, 1.807) is 19.1 Å². The fourth-order valence-electron chi connectivity index (χ4n) is 3.06. The van der Waals surface area contributed by atoms with Crippen molar-refractivity contribution in [2.45, 2.75) is 45.8 Å². The highest BCUT2D eigenvalue weighted by Crippen LogP contribution is 2.21. The molecule has 7 nitrogen and oxygen atoms in total. The van der Waals surface area contributed by atoms with Crippen molar-refractivity contribution in [2.24, 2.45) is 0 Å². The smallest absolute Gasteiger partial charge is 0.244 e. The van der Waals surface area contributed by atoms with Crippen molar-refractivity contribution >= 4 is 55.1 Å². The average molecular weight is 559 g/mol. The number of hydrogen-bond donors (Lipinski definition) is 1. The summed E-state index contributed by atoms with van der Waals surface area (Å²) in [6, 6.07) is 12.7. The van der Waals surface area contributed by atoms with Crippen LogP contribution in [0, 0.1) is 0 Å². The Morgan fingerprint density at radius 1 is 1.06 bits per heavy atom. The molecule has 2 atom stereocenters. The standard InChI is InChI=1S/C23H29BrClN3O4S/c1-5-16(2)26-23(30)17(3)27(14-18-6-8-19(24)9-7-18)22(29)15-28(33(4,31)32)21-12-10-20(25)11-13-21/h6-13,16-17H,5,14-15H2,1-4H3,(H,26,30). The maximum absolute atomic E-state index is 13.4. The van der Waals surface area contributed by atoms with Crippen LogP contribution in [0.4, 0.5) is 5.69 Å². The minimum Gasteiger partial charge on any atom is -0.352 e. The van der Waals surface area contributed by atoms with Gasteiger partial charge in [0.2, 0.25) is 21.8 Å². The van der Waals surface area contributed by atoms with Crippen molar-refractivity contribution in [1.82, 2.24) is 10.2 Å². The molecular weight excluding hydrogens is 530 g/mol. The molecule has 0 radical (unpaired) electrons. The van der Waals surface area contributed by atoms with Crippen molar-refractivity contribution < 1.29 is 18.0 Å². The average Bonchev–Trinajstić information content (AvgIpc) is 2.76. The topological polar surface area (TPSA) is 86.8 Å². The molecule has 0 aliphatic carbocycles. The van der Waals surface area contributed by atoms with Crippen LogP contribution in [0.25, 0.3) is 0 Å². The second-order valence-electron chi connectivity index (χ2n) is 7.89. The molecule has 0 bridgehead atoms. The Kier molecular flexibility index (Phi) is 9.75. The number of amides is 2. The van der Waals surface area contributed by atoms with E-state index in [0.717, 1.165) is 27.0 Å². The Morgan fingerprint density at radius 2 is 1.64 bits per heavy atom. The molecule has 0 spiro atoms. The van der Waals surface area contributed by atoms with Crippen LogP contribution < -0.4 is 9.62 Å². The summed E-state index contributed by atoms with van der Waals surface area (Å²) in [4.78, 5) is 27.6. The minimum absolute atomic E-state index is 0.0498. The highest BCUT2D eigenvalue weighted by atomic mass is 79.9. The van der Waals surface area contributed by atoms with Gasteiger partial charge >= 0.3 is 0 Å². The number of anilines is 1. The van der Waals surface area contributed by atoms with Crippen molar-refractivity contribution in [3.63, 3.8) is 0 Å². The van der Waals surface area contributed by atoms with Gasteiger partial charge in [0.15, 0.2) is 0 Å². The number of hydrogen-bond acceptors (Lipinski definition) is 4. The molecule has 0 heterocycles. The van der Waals surface area contributed by atoms with Crippen molar-refractivity contribution in [1.29, 1.82) is 0 Å². The van der Waals surface area contributed by atoms with Crippen LogP contribution >= 0.6 is 27.5 Å². The van der Waals surface area contributed by atoms with Gasteiger partial charge in [-0.3, -0.25) is 13.9 Å². The van der Waals surface area contributed by atoms with Gasteiger partial charge in [-0.15, -0.1) is 0 Å². The van der Waals surface area contributed by atoms with Gasteiger partial charge in [-0.25, -0.2) is 8.42 Å². The molecule has 0 saturated heterocycles. The monoisotopic (exact) mass is 557 g/mol. The summed E-state index contributed by atoms with van der Waals surface area (Å²) in [7, 11) is -3.77. The second-order valence-corrected chi connectivity index (χ2v) is 11.1. The summed E-state index contributed by atoms with van der Waals surface area (Å²) in [5.41, 5.74) is 1.13. The number of nitrogens with zero attached hydrogens (tertiary/aromatic N) is 2. The van der Waals surface area contributed by atoms with Crippen molar-refractivity contribution in [3.05, 3.63) is 63.6 Å². The summed E-state index contributed by atoms with van der Waals surface area (Å²) in [5.74, 6) is -0.794. The lowest BCUT2D eigenvalue weighted by Crippen LogP contribution is -2.52. The maximum atomic E-state index is 13.4. The molecule has 0 aliphatic rings. The predicted molar refractivity (Wildman–Crippen MR) is 136 cm³/mol. The zero-order valence-corrected chi connectivity index (χ0v) is 22.2. The lowest BCUT2D eigenvalue weighted by Gasteiger charge is -2.32. The summed E-state index contributed by atoms with van der Waals surface area (Å²) in [6.07, 6.45) is 1.78. The molecule has 2 rings (SSSR count). The van der Waals surface area contributed by atoms with Crippen LogP contribution in [0.5, 0.6) is 0 Å². The molecule has 0 saturated carbocycles. The Hall–Kier alpha value is -2.10. The zero-order chi connectivity index (χ0) is 24.8. The van der Waals surface area contributed by atoms with E-state index in [1.807, 2.05) is 38.1 Å². The van der Waals surface area contributed by atoms with Crippen molar-refractivity contribution in [3.8, 4) is 0 Å². The van der Waals surface area contributed by atoms with Gasteiger partial charge in [-0.2, -0.15) is 0 Å². The van der Waals surface area contributed by atoms with E-state index in [0.29, 0.717) is 10.7 Å². The van der Waals surface area contributed by atoms with Gasteiger partial charge in [-0.1, -0.05) is 46.6 Å². The number of carbonyl (C=O) groups is 2. The number of halogens is 2. The van der Waals surface area contributed by atoms with E-state index < -0.39 is 28.5 Å². The third-order valence-corrected chi connectivity index (χ3v) is 7.15. The number of rotatable bonds is 10. The lowest BCUT2D eigenvalue weighted by atomic mass is 10.1. The first kappa shape index (κ1) is 27.1. The van der Waals surface area contributed by atoms with Gasteiger partial charge in [0.1, 0.15) is 12.6 Å². The van der Waals surface area contributed by atoms with Crippen LogP contribution in [0.15, 0.2) is 53.0 Å². The van der Waals surface area contributed by atoms with Gasteiger partial charge in [0, 0.05) is 22.1 Å². The Bertz CT molecular complexity index is 1060. The van der Waals surface area contributed by atoms with E-state index in [4.69, 9.17) is 11.6 Å². The molecule has 1 N–H and O–H groups in total. The van der Waals surface area contributed by atoms with Gasteiger partial charge in [0.05, 0.1) is 11.9 Å². The second kappa shape index (κ2) is 11.9.